The third-order valence-electron chi connectivity index (χ3n) is 2.06. The number of nitrogens with zero attached hydrogens (tertiary/aromatic N) is 1. The Morgan fingerprint density at radius 1 is 1.56 bits per heavy atom. The average molecular weight is 218 g/mol. The molecule has 0 aromatic heterocycles. The number of hydrogen-bond donors (Lipinski definition) is 1. The van der Waals surface area contributed by atoms with E-state index in [-0.39, 0.29) is 0 Å². The van der Waals surface area contributed by atoms with E-state index in [9.17, 15) is 4.79 Å². The summed E-state index contributed by atoms with van der Waals surface area (Å²) in [6, 6.07) is 7.09. The Kier molecular flexibility index (Phi) is 4.22. The van der Waals surface area contributed by atoms with Crippen LogP contribution in [-0.4, -0.2) is 26.6 Å². The molecule has 0 radical (unpaired) electrons. The molecule has 16 heavy (non-hydrogen) atoms. The molecule has 1 rings (SSSR count). The van der Waals surface area contributed by atoms with Crippen molar-refractivity contribution in [2.24, 2.45) is 5.73 Å². The number of methoxy groups -OCH3 is 1. The number of rotatable bonds is 3. The van der Waals surface area contributed by atoms with Crippen molar-refractivity contribution in [2.75, 3.05) is 25.6 Å². The van der Waals surface area contributed by atoms with Crippen LogP contribution in [0.1, 0.15) is 10.4 Å². The first-order valence-electron chi connectivity index (χ1n) is 4.77. The van der Waals surface area contributed by atoms with Gasteiger partial charge >= 0.3 is 0 Å². The zero-order valence-electron chi connectivity index (χ0n) is 9.36. The van der Waals surface area contributed by atoms with Gasteiger partial charge in [-0.15, -0.1) is 0 Å². The zero-order chi connectivity index (χ0) is 12.0. The molecule has 2 N–H and O–H groups in total. The van der Waals surface area contributed by atoms with E-state index in [2.05, 4.69) is 16.8 Å². The molecule has 84 valence electrons. The van der Waals surface area contributed by atoms with E-state index in [1.165, 1.54) is 7.11 Å². The van der Waals surface area contributed by atoms with E-state index in [4.69, 9.17) is 5.73 Å². The van der Waals surface area contributed by atoms with Crippen LogP contribution in [0.15, 0.2) is 24.3 Å². The molecule has 0 aliphatic carbocycles. The number of carbonyl (C=O) groups is 1. The van der Waals surface area contributed by atoms with Gasteiger partial charge in [-0.05, 0) is 24.1 Å². The molecule has 4 nitrogen and oxygen atoms in total. The average Bonchev–Trinajstić information content (AvgIpc) is 2.29. The van der Waals surface area contributed by atoms with Gasteiger partial charge < -0.3 is 15.4 Å². The van der Waals surface area contributed by atoms with E-state index in [1.807, 2.05) is 18.0 Å². The van der Waals surface area contributed by atoms with Gasteiger partial charge in [0.25, 0.3) is 0 Å². The van der Waals surface area contributed by atoms with E-state index < -0.39 is 5.91 Å². The lowest BCUT2D eigenvalue weighted by atomic mass is 10.2. The lowest BCUT2D eigenvalue weighted by molar-refractivity contribution is 0.100. The molecule has 0 fully saturated rings. The maximum atomic E-state index is 11.0. The van der Waals surface area contributed by atoms with E-state index in [0.717, 1.165) is 5.69 Å². The normalized spacial score (nSPS) is 8.88. The predicted octanol–water partition coefficient (Wildman–Crippen LogP) is 0.829. The van der Waals surface area contributed by atoms with Gasteiger partial charge in [0.2, 0.25) is 5.91 Å². The summed E-state index contributed by atoms with van der Waals surface area (Å²) in [6.07, 6.45) is 2.50. The van der Waals surface area contributed by atoms with Crippen molar-refractivity contribution in [3.8, 4) is 12.0 Å². The lowest BCUT2D eigenvalue weighted by Gasteiger charge is -2.16. The maximum absolute atomic E-state index is 11.0. The number of benzene rings is 1. The zero-order valence-corrected chi connectivity index (χ0v) is 9.36. The number of ether oxygens (including phenoxy) is 1. The van der Waals surface area contributed by atoms with Gasteiger partial charge in [-0.3, -0.25) is 4.79 Å². The quantitative estimate of drug-likeness (QED) is 0.764. The van der Waals surface area contributed by atoms with E-state index >= 15 is 0 Å². The number of carbonyl (C=O) groups excluding carboxylic acids is 1. The van der Waals surface area contributed by atoms with Crippen LogP contribution in [0, 0.1) is 12.0 Å². The van der Waals surface area contributed by atoms with Crippen LogP contribution in [0.5, 0.6) is 0 Å². The highest BCUT2D eigenvalue weighted by molar-refractivity contribution is 5.93. The first kappa shape index (κ1) is 11.9. The number of amides is 1. The second-order valence-corrected chi connectivity index (χ2v) is 3.25. The van der Waals surface area contributed by atoms with Crippen molar-refractivity contribution >= 4 is 11.6 Å². The molecule has 0 saturated heterocycles. The van der Waals surface area contributed by atoms with Crippen LogP contribution in [-0.2, 0) is 4.74 Å². The minimum absolute atomic E-state index is 0.432. The second-order valence-electron chi connectivity index (χ2n) is 3.25. The molecule has 0 aliphatic rings. The summed E-state index contributed by atoms with van der Waals surface area (Å²) in [7, 11) is 3.39. The molecule has 0 spiro atoms. The van der Waals surface area contributed by atoms with Crippen molar-refractivity contribution in [3.05, 3.63) is 29.8 Å². The summed E-state index contributed by atoms with van der Waals surface area (Å²) < 4.78 is 4.63. The fourth-order valence-electron chi connectivity index (χ4n) is 1.21. The van der Waals surface area contributed by atoms with Gasteiger partial charge in [0.05, 0.1) is 13.7 Å². The molecule has 0 bridgehead atoms. The molecule has 0 aliphatic heterocycles. The highest BCUT2D eigenvalue weighted by Crippen LogP contribution is 2.13. The Hall–Kier alpha value is -2.15. The maximum Gasteiger partial charge on any atom is 0.248 e. The van der Waals surface area contributed by atoms with Crippen LogP contribution in [0.2, 0.25) is 0 Å². The summed E-state index contributed by atoms with van der Waals surface area (Å²) in [5.74, 6) is 2.39. The van der Waals surface area contributed by atoms with E-state index in [1.54, 1.807) is 18.2 Å². The highest BCUT2D eigenvalue weighted by atomic mass is 16.5. The van der Waals surface area contributed by atoms with E-state index in [0.29, 0.717) is 12.1 Å². The minimum Gasteiger partial charge on any atom is -0.450 e. The third-order valence-corrected chi connectivity index (χ3v) is 2.06. The van der Waals surface area contributed by atoms with Gasteiger partial charge in [0.15, 0.2) is 0 Å². The van der Waals surface area contributed by atoms with Crippen molar-refractivity contribution in [2.45, 2.75) is 0 Å². The standard InChI is InChI=1S/C12H14N2O2/c1-14(7-4-8-16-2)11-6-3-5-10(9-11)12(13)15/h3,5-6,9H,7H2,1-2H3,(H2,13,15). The topological polar surface area (TPSA) is 55.6 Å². The summed E-state index contributed by atoms with van der Waals surface area (Å²) in [6.45, 7) is 0.524. The lowest BCUT2D eigenvalue weighted by Crippen LogP contribution is -2.18. The SMILES string of the molecule is COC#CCN(C)c1cccc(C(N)=O)c1. The Balaban J connectivity index is 2.79. The number of anilines is 1. The van der Waals surface area contributed by atoms with Gasteiger partial charge in [-0.2, -0.15) is 0 Å². The summed E-state index contributed by atoms with van der Waals surface area (Å²) >= 11 is 0. The summed E-state index contributed by atoms with van der Waals surface area (Å²) in [4.78, 5) is 12.9. The molecule has 0 heterocycles. The molecule has 4 heteroatoms. The van der Waals surface area contributed by atoms with Crippen LogP contribution in [0.3, 0.4) is 0 Å². The molecular formula is C12H14N2O2. The van der Waals surface area contributed by atoms with Gasteiger partial charge in [0.1, 0.15) is 6.11 Å². The Labute approximate surface area is 95.0 Å². The van der Waals surface area contributed by atoms with Crippen LogP contribution in [0.4, 0.5) is 5.69 Å². The largest absolute Gasteiger partial charge is 0.450 e. The number of hydrogen-bond acceptors (Lipinski definition) is 3. The Morgan fingerprint density at radius 3 is 2.94 bits per heavy atom. The summed E-state index contributed by atoms with van der Waals surface area (Å²) in [5, 5.41) is 0. The predicted molar refractivity (Wildman–Crippen MR) is 63.0 cm³/mol. The van der Waals surface area contributed by atoms with Gasteiger partial charge in [0, 0.05) is 18.3 Å². The molecule has 1 aromatic carbocycles. The Bertz CT molecular complexity index is 432. The molecular weight excluding hydrogens is 204 g/mol. The minimum atomic E-state index is -0.432. The molecule has 1 amide bonds. The molecule has 0 unspecified atom stereocenters. The monoisotopic (exact) mass is 218 g/mol. The van der Waals surface area contributed by atoms with Gasteiger partial charge in [-0.1, -0.05) is 6.07 Å². The fraction of sp³-hybridized carbons (Fsp3) is 0.250. The molecule has 1 aromatic rings. The van der Waals surface area contributed by atoms with Gasteiger partial charge in [-0.25, -0.2) is 0 Å². The van der Waals surface area contributed by atoms with Crippen molar-refractivity contribution in [1.29, 1.82) is 0 Å². The van der Waals surface area contributed by atoms with Crippen LogP contribution < -0.4 is 10.6 Å². The smallest absolute Gasteiger partial charge is 0.248 e. The highest BCUT2D eigenvalue weighted by Gasteiger charge is 2.03. The first-order chi connectivity index (χ1) is 7.65. The number of primary amides is 1. The Morgan fingerprint density at radius 2 is 2.31 bits per heavy atom. The first-order valence-corrected chi connectivity index (χ1v) is 4.77. The van der Waals surface area contributed by atoms with Crippen LogP contribution >= 0.6 is 0 Å². The van der Waals surface area contributed by atoms with Crippen LogP contribution in [0.25, 0.3) is 0 Å². The fourth-order valence-corrected chi connectivity index (χ4v) is 1.21. The third kappa shape index (κ3) is 3.21. The molecule has 0 atom stereocenters. The van der Waals surface area contributed by atoms with Crippen molar-refractivity contribution < 1.29 is 9.53 Å². The second kappa shape index (κ2) is 5.66. The molecule has 0 saturated carbocycles. The van der Waals surface area contributed by atoms with Crippen molar-refractivity contribution in [3.63, 3.8) is 0 Å². The van der Waals surface area contributed by atoms with Crippen molar-refractivity contribution in [1.82, 2.24) is 0 Å². The number of nitrogens with two attached hydrogens (primary N) is 1. The summed E-state index contributed by atoms with van der Waals surface area (Å²) in [5.41, 5.74) is 6.58.